The number of anilines is 2. The van der Waals surface area contributed by atoms with Crippen LogP contribution in [0.3, 0.4) is 0 Å². The Morgan fingerprint density at radius 1 is 1.00 bits per heavy atom. The maximum absolute atomic E-state index is 12.5. The van der Waals surface area contributed by atoms with Crippen LogP contribution in [0.1, 0.15) is 16.1 Å². The molecule has 0 aliphatic carbocycles. The monoisotopic (exact) mass is 385 g/mol. The number of hydrogen-bond acceptors (Lipinski definition) is 3. The van der Waals surface area contributed by atoms with Gasteiger partial charge in [0.1, 0.15) is 5.69 Å². The molecule has 132 valence electrons. The second kappa shape index (κ2) is 8.21. The molecule has 0 saturated heterocycles. The van der Waals surface area contributed by atoms with Gasteiger partial charge >= 0.3 is 0 Å². The Morgan fingerprint density at radius 3 is 2.31 bits per heavy atom. The molecular formula is C20H17Cl2N3O. The van der Waals surface area contributed by atoms with Crippen molar-refractivity contribution in [2.75, 3.05) is 12.4 Å². The summed E-state index contributed by atoms with van der Waals surface area (Å²) in [6.07, 6.45) is 1.61. The van der Waals surface area contributed by atoms with Crippen molar-refractivity contribution in [3.63, 3.8) is 0 Å². The third kappa shape index (κ3) is 4.75. The number of benzene rings is 2. The second-order valence-corrected chi connectivity index (χ2v) is 6.73. The van der Waals surface area contributed by atoms with Crippen LogP contribution in [0.4, 0.5) is 11.4 Å². The fourth-order valence-electron chi connectivity index (χ4n) is 2.51. The van der Waals surface area contributed by atoms with Gasteiger partial charge in [-0.3, -0.25) is 4.79 Å². The molecule has 0 aliphatic rings. The van der Waals surface area contributed by atoms with Gasteiger partial charge < -0.3 is 10.2 Å². The van der Waals surface area contributed by atoms with Gasteiger partial charge in [0.15, 0.2) is 0 Å². The van der Waals surface area contributed by atoms with E-state index in [0.717, 1.165) is 16.9 Å². The number of hydrogen-bond donors (Lipinski definition) is 1. The summed E-state index contributed by atoms with van der Waals surface area (Å²) in [4.78, 5) is 18.4. The number of carbonyl (C=O) groups excluding carboxylic acids is 1. The molecule has 0 fully saturated rings. The van der Waals surface area contributed by atoms with Crippen LogP contribution in [-0.2, 0) is 6.54 Å². The molecule has 1 heterocycles. The second-order valence-electron chi connectivity index (χ2n) is 5.86. The smallest absolute Gasteiger partial charge is 0.272 e. The fourth-order valence-corrected chi connectivity index (χ4v) is 3.04. The van der Waals surface area contributed by atoms with Gasteiger partial charge in [0.05, 0.1) is 11.9 Å². The minimum absolute atomic E-state index is 0.133. The van der Waals surface area contributed by atoms with Crippen LogP contribution < -0.4 is 5.32 Å². The van der Waals surface area contributed by atoms with E-state index in [1.54, 1.807) is 48.5 Å². The molecule has 0 radical (unpaired) electrons. The number of nitrogens with one attached hydrogen (secondary N) is 1. The normalized spacial score (nSPS) is 10.4. The van der Waals surface area contributed by atoms with Crippen LogP contribution >= 0.6 is 23.2 Å². The maximum atomic E-state index is 12.5. The quantitative estimate of drug-likeness (QED) is 0.638. The fraction of sp³-hybridized carbons (Fsp3) is 0.100. The van der Waals surface area contributed by atoms with E-state index in [1.165, 1.54) is 0 Å². The molecule has 1 amide bonds. The number of amides is 1. The molecular weight excluding hydrogens is 369 g/mol. The van der Waals surface area contributed by atoms with E-state index in [4.69, 9.17) is 23.2 Å². The van der Waals surface area contributed by atoms with Gasteiger partial charge in [-0.15, -0.1) is 0 Å². The summed E-state index contributed by atoms with van der Waals surface area (Å²) >= 11 is 12.0. The average molecular weight is 386 g/mol. The zero-order valence-electron chi connectivity index (χ0n) is 14.1. The van der Waals surface area contributed by atoms with E-state index >= 15 is 0 Å². The van der Waals surface area contributed by atoms with E-state index in [1.807, 2.05) is 30.3 Å². The average Bonchev–Trinajstić information content (AvgIpc) is 2.62. The minimum atomic E-state index is -0.133. The zero-order chi connectivity index (χ0) is 18.5. The Balaban J connectivity index is 1.67. The first-order valence-corrected chi connectivity index (χ1v) is 8.75. The highest BCUT2D eigenvalue weighted by molar-refractivity contribution is 6.35. The van der Waals surface area contributed by atoms with Crippen molar-refractivity contribution in [2.24, 2.45) is 0 Å². The van der Waals surface area contributed by atoms with Crippen LogP contribution in [0.5, 0.6) is 0 Å². The van der Waals surface area contributed by atoms with Crippen LogP contribution in [0.2, 0.25) is 10.0 Å². The first-order chi connectivity index (χ1) is 12.5. The molecule has 2 aromatic carbocycles. The molecule has 0 saturated carbocycles. The number of aromatic nitrogens is 1. The molecule has 1 aromatic heterocycles. The Bertz CT molecular complexity index is 878. The highest BCUT2D eigenvalue weighted by atomic mass is 35.5. The van der Waals surface area contributed by atoms with Crippen molar-refractivity contribution in [3.05, 3.63) is 88.2 Å². The lowest BCUT2D eigenvalue weighted by Crippen LogP contribution is -2.26. The lowest BCUT2D eigenvalue weighted by Gasteiger charge is -2.17. The molecule has 1 N–H and O–H groups in total. The van der Waals surface area contributed by atoms with E-state index in [9.17, 15) is 4.79 Å². The Kier molecular flexibility index (Phi) is 5.76. The summed E-state index contributed by atoms with van der Waals surface area (Å²) in [5.74, 6) is -0.133. The van der Waals surface area contributed by atoms with E-state index in [-0.39, 0.29) is 5.91 Å². The Morgan fingerprint density at radius 2 is 1.69 bits per heavy atom. The molecule has 4 nitrogen and oxygen atoms in total. The van der Waals surface area contributed by atoms with Crippen molar-refractivity contribution in [1.82, 2.24) is 9.88 Å². The summed E-state index contributed by atoms with van der Waals surface area (Å²) in [7, 11) is 1.76. The van der Waals surface area contributed by atoms with Crippen molar-refractivity contribution in [3.8, 4) is 0 Å². The molecule has 26 heavy (non-hydrogen) atoms. The molecule has 3 aromatic rings. The first kappa shape index (κ1) is 18.2. The maximum Gasteiger partial charge on any atom is 0.272 e. The van der Waals surface area contributed by atoms with Crippen molar-refractivity contribution < 1.29 is 4.79 Å². The number of rotatable bonds is 5. The summed E-state index contributed by atoms with van der Waals surface area (Å²) in [6, 6.07) is 18.5. The van der Waals surface area contributed by atoms with Gasteiger partial charge in [-0.25, -0.2) is 4.98 Å². The molecule has 0 spiro atoms. The molecule has 0 bridgehead atoms. The van der Waals surface area contributed by atoms with Crippen molar-refractivity contribution in [1.29, 1.82) is 0 Å². The molecule has 0 atom stereocenters. The van der Waals surface area contributed by atoms with Gasteiger partial charge in [0.25, 0.3) is 5.91 Å². The summed E-state index contributed by atoms with van der Waals surface area (Å²) in [6.45, 7) is 0.530. The van der Waals surface area contributed by atoms with Crippen molar-refractivity contribution >= 4 is 40.5 Å². The Labute approximate surface area is 162 Å². The highest BCUT2D eigenvalue weighted by Gasteiger charge is 2.13. The van der Waals surface area contributed by atoms with Crippen LogP contribution in [-0.4, -0.2) is 22.8 Å². The third-order valence-corrected chi connectivity index (χ3v) is 4.18. The van der Waals surface area contributed by atoms with E-state index < -0.39 is 0 Å². The predicted molar refractivity (Wildman–Crippen MR) is 106 cm³/mol. The standard InChI is InChI=1S/C20H17Cl2N3O/c1-25(13-14-5-3-2-4-6-14)20(26)19-8-7-17(12-23-19)24-18-10-15(21)9-16(22)11-18/h2-12,24H,13H2,1H3. The minimum Gasteiger partial charge on any atom is -0.354 e. The van der Waals surface area contributed by atoms with Crippen LogP contribution in [0, 0.1) is 0 Å². The number of pyridine rings is 1. The lowest BCUT2D eigenvalue weighted by atomic mass is 10.2. The van der Waals surface area contributed by atoms with Gasteiger partial charge in [-0.2, -0.15) is 0 Å². The molecule has 0 aliphatic heterocycles. The predicted octanol–water partition coefficient (Wildman–Crippen LogP) is 5.40. The first-order valence-electron chi connectivity index (χ1n) is 8.00. The summed E-state index contributed by atoms with van der Waals surface area (Å²) in [5, 5.41) is 4.25. The van der Waals surface area contributed by atoms with Crippen LogP contribution in [0.15, 0.2) is 66.9 Å². The largest absolute Gasteiger partial charge is 0.354 e. The zero-order valence-corrected chi connectivity index (χ0v) is 15.6. The van der Waals surface area contributed by atoms with Gasteiger partial charge in [0, 0.05) is 29.3 Å². The number of carbonyl (C=O) groups is 1. The van der Waals surface area contributed by atoms with E-state index in [0.29, 0.717) is 22.3 Å². The lowest BCUT2D eigenvalue weighted by molar-refractivity contribution is 0.0779. The van der Waals surface area contributed by atoms with Gasteiger partial charge in [0.2, 0.25) is 0 Å². The van der Waals surface area contributed by atoms with Crippen LogP contribution in [0.25, 0.3) is 0 Å². The number of nitrogens with zero attached hydrogens (tertiary/aromatic N) is 2. The Hall–Kier alpha value is -2.56. The molecule has 3 rings (SSSR count). The topological polar surface area (TPSA) is 45.2 Å². The third-order valence-electron chi connectivity index (χ3n) is 3.74. The van der Waals surface area contributed by atoms with E-state index in [2.05, 4.69) is 10.3 Å². The van der Waals surface area contributed by atoms with Crippen molar-refractivity contribution in [2.45, 2.75) is 6.54 Å². The molecule has 0 unspecified atom stereocenters. The highest BCUT2D eigenvalue weighted by Crippen LogP contribution is 2.25. The summed E-state index contributed by atoms with van der Waals surface area (Å²) in [5.41, 5.74) is 2.95. The molecule has 6 heteroatoms. The SMILES string of the molecule is CN(Cc1ccccc1)C(=O)c1ccc(Nc2cc(Cl)cc(Cl)c2)cn1. The van der Waals surface area contributed by atoms with Gasteiger partial charge in [-0.05, 0) is 35.9 Å². The summed E-state index contributed by atoms with van der Waals surface area (Å²) < 4.78 is 0. The van der Waals surface area contributed by atoms with Gasteiger partial charge in [-0.1, -0.05) is 53.5 Å². The number of halogens is 2.